The molecule has 0 fully saturated rings. The number of carbonyl (C=O) groups is 1. The Balaban J connectivity index is 1.84. The summed E-state index contributed by atoms with van der Waals surface area (Å²) in [5, 5.41) is 3.85. The zero-order valence-electron chi connectivity index (χ0n) is 11.7. The van der Waals surface area contributed by atoms with E-state index in [-0.39, 0.29) is 28.2 Å². The molecule has 0 saturated heterocycles. The van der Waals surface area contributed by atoms with E-state index in [9.17, 15) is 4.79 Å². The van der Waals surface area contributed by atoms with E-state index in [0.29, 0.717) is 22.0 Å². The number of halogens is 3. The highest BCUT2D eigenvalue weighted by molar-refractivity contribution is 6.39. The standard InChI is InChI=1S/C16H11Cl3N2O2/c17-10-1-2-14-8(4-10)3-9(7-23-14)16(22)21-11-5-12(18)15(20)13(19)6-11/h1-6H,7,20H2,(H,21,22). The predicted molar refractivity (Wildman–Crippen MR) is 94.4 cm³/mol. The summed E-state index contributed by atoms with van der Waals surface area (Å²) in [5.74, 6) is 0.372. The van der Waals surface area contributed by atoms with Gasteiger partial charge in [-0.1, -0.05) is 34.8 Å². The van der Waals surface area contributed by atoms with Crippen LogP contribution in [0, 0.1) is 0 Å². The van der Waals surface area contributed by atoms with Crippen molar-refractivity contribution in [3.05, 3.63) is 56.5 Å². The summed E-state index contributed by atoms with van der Waals surface area (Å²) < 4.78 is 5.56. The second-order valence-corrected chi connectivity index (χ2v) is 6.20. The summed E-state index contributed by atoms with van der Waals surface area (Å²) in [6.07, 6.45) is 1.74. The fourth-order valence-electron chi connectivity index (χ4n) is 2.15. The van der Waals surface area contributed by atoms with Crippen LogP contribution in [0.1, 0.15) is 5.56 Å². The highest BCUT2D eigenvalue weighted by Gasteiger charge is 2.18. The van der Waals surface area contributed by atoms with Crippen molar-refractivity contribution < 1.29 is 9.53 Å². The van der Waals surface area contributed by atoms with Crippen LogP contribution in [0.25, 0.3) is 6.08 Å². The second kappa shape index (κ2) is 6.32. The number of carbonyl (C=O) groups excluding carboxylic acids is 1. The molecule has 3 rings (SSSR count). The minimum Gasteiger partial charge on any atom is -0.488 e. The van der Waals surface area contributed by atoms with Crippen molar-refractivity contribution in [1.29, 1.82) is 0 Å². The van der Waals surface area contributed by atoms with Gasteiger partial charge in [-0.2, -0.15) is 0 Å². The van der Waals surface area contributed by atoms with Crippen LogP contribution < -0.4 is 15.8 Å². The number of nitrogens with two attached hydrogens (primary N) is 1. The number of amides is 1. The Morgan fingerprint density at radius 3 is 2.52 bits per heavy atom. The molecule has 0 spiro atoms. The van der Waals surface area contributed by atoms with E-state index in [2.05, 4.69) is 5.32 Å². The van der Waals surface area contributed by atoms with E-state index in [1.165, 1.54) is 12.1 Å². The van der Waals surface area contributed by atoms with Crippen LogP contribution in [0.15, 0.2) is 35.9 Å². The Morgan fingerprint density at radius 1 is 1.13 bits per heavy atom. The van der Waals surface area contributed by atoms with Crippen LogP contribution in [0.3, 0.4) is 0 Å². The van der Waals surface area contributed by atoms with E-state index < -0.39 is 0 Å². The molecule has 4 nitrogen and oxygen atoms in total. The van der Waals surface area contributed by atoms with Crippen LogP contribution in [-0.4, -0.2) is 12.5 Å². The first-order valence-corrected chi connectivity index (χ1v) is 7.76. The third kappa shape index (κ3) is 3.39. The van der Waals surface area contributed by atoms with Gasteiger partial charge in [0.25, 0.3) is 5.91 Å². The maximum absolute atomic E-state index is 12.4. The number of benzene rings is 2. The third-order valence-corrected chi connectivity index (χ3v) is 4.17. The van der Waals surface area contributed by atoms with Crippen molar-refractivity contribution in [2.75, 3.05) is 17.7 Å². The lowest BCUT2D eigenvalue weighted by Crippen LogP contribution is -2.21. The van der Waals surface area contributed by atoms with E-state index in [4.69, 9.17) is 45.3 Å². The number of anilines is 2. The number of nitrogen functional groups attached to an aromatic ring is 1. The van der Waals surface area contributed by atoms with Crippen molar-refractivity contribution in [2.24, 2.45) is 0 Å². The number of hydrogen-bond acceptors (Lipinski definition) is 3. The summed E-state index contributed by atoms with van der Waals surface area (Å²) in [6.45, 7) is 0.164. The van der Waals surface area contributed by atoms with Gasteiger partial charge in [0.1, 0.15) is 12.4 Å². The largest absolute Gasteiger partial charge is 0.488 e. The number of hydrogen-bond donors (Lipinski definition) is 2. The molecule has 1 aliphatic rings. The van der Waals surface area contributed by atoms with Gasteiger partial charge in [0.2, 0.25) is 0 Å². The van der Waals surface area contributed by atoms with Gasteiger partial charge < -0.3 is 15.8 Å². The molecule has 1 aliphatic heterocycles. The molecule has 1 amide bonds. The lowest BCUT2D eigenvalue weighted by Gasteiger charge is -2.18. The van der Waals surface area contributed by atoms with E-state index >= 15 is 0 Å². The zero-order chi connectivity index (χ0) is 16.6. The smallest absolute Gasteiger partial charge is 0.255 e. The van der Waals surface area contributed by atoms with Gasteiger partial charge in [-0.3, -0.25) is 4.79 Å². The molecule has 0 saturated carbocycles. The van der Waals surface area contributed by atoms with Gasteiger partial charge in [-0.25, -0.2) is 0 Å². The molecule has 0 radical (unpaired) electrons. The summed E-state index contributed by atoms with van der Waals surface area (Å²) in [5.41, 5.74) is 7.61. The maximum atomic E-state index is 12.4. The van der Waals surface area contributed by atoms with E-state index in [0.717, 1.165) is 5.56 Å². The Bertz CT molecular complexity index is 811. The van der Waals surface area contributed by atoms with Crippen molar-refractivity contribution in [1.82, 2.24) is 0 Å². The van der Waals surface area contributed by atoms with Gasteiger partial charge in [0.15, 0.2) is 0 Å². The number of rotatable bonds is 2. The first-order chi connectivity index (χ1) is 10.9. The molecule has 23 heavy (non-hydrogen) atoms. The molecule has 7 heteroatoms. The van der Waals surface area contributed by atoms with Crippen LogP contribution in [-0.2, 0) is 4.79 Å². The Hall–Kier alpha value is -1.88. The van der Waals surface area contributed by atoms with Gasteiger partial charge in [0.05, 0.1) is 21.3 Å². The molecule has 1 heterocycles. The molecule has 118 valence electrons. The van der Waals surface area contributed by atoms with E-state index in [1.807, 2.05) is 0 Å². The van der Waals surface area contributed by atoms with Gasteiger partial charge >= 0.3 is 0 Å². The quantitative estimate of drug-likeness (QED) is 0.758. The fourth-order valence-corrected chi connectivity index (χ4v) is 2.81. The molecular weight excluding hydrogens is 359 g/mol. The molecular formula is C16H11Cl3N2O2. The van der Waals surface area contributed by atoms with Crippen molar-refractivity contribution in [2.45, 2.75) is 0 Å². The number of fused-ring (bicyclic) bond motifs is 1. The first-order valence-electron chi connectivity index (χ1n) is 6.63. The summed E-state index contributed by atoms with van der Waals surface area (Å²) in [7, 11) is 0. The average Bonchev–Trinajstić information content (AvgIpc) is 2.51. The number of ether oxygens (including phenoxy) is 1. The lowest BCUT2D eigenvalue weighted by atomic mass is 10.1. The van der Waals surface area contributed by atoms with Crippen LogP contribution >= 0.6 is 34.8 Å². The molecule has 0 bridgehead atoms. The monoisotopic (exact) mass is 368 g/mol. The Morgan fingerprint density at radius 2 is 1.83 bits per heavy atom. The summed E-state index contributed by atoms with van der Waals surface area (Å²) in [6, 6.07) is 8.31. The second-order valence-electron chi connectivity index (χ2n) is 4.95. The summed E-state index contributed by atoms with van der Waals surface area (Å²) >= 11 is 17.9. The van der Waals surface area contributed by atoms with Gasteiger partial charge in [0, 0.05) is 16.3 Å². The molecule has 2 aromatic rings. The first kappa shape index (κ1) is 16.0. The minimum atomic E-state index is -0.312. The molecule has 2 aromatic carbocycles. The number of nitrogens with one attached hydrogen (secondary N) is 1. The fraction of sp³-hybridized carbons (Fsp3) is 0.0625. The van der Waals surface area contributed by atoms with Crippen molar-refractivity contribution >= 4 is 58.2 Å². The minimum absolute atomic E-state index is 0.164. The van der Waals surface area contributed by atoms with Crippen LogP contribution in [0.4, 0.5) is 11.4 Å². The van der Waals surface area contributed by atoms with Crippen LogP contribution in [0.5, 0.6) is 5.75 Å². The SMILES string of the molecule is Nc1c(Cl)cc(NC(=O)C2=Cc3cc(Cl)ccc3OC2)cc1Cl. The van der Waals surface area contributed by atoms with Gasteiger partial charge in [-0.15, -0.1) is 0 Å². The molecule has 0 aromatic heterocycles. The highest BCUT2D eigenvalue weighted by Crippen LogP contribution is 2.32. The maximum Gasteiger partial charge on any atom is 0.255 e. The molecule has 0 atom stereocenters. The average molecular weight is 370 g/mol. The van der Waals surface area contributed by atoms with Crippen molar-refractivity contribution in [3.63, 3.8) is 0 Å². The predicted octanol–water partition coefficient (Wildman–Crippen LogP) is 4.64. The molecule has 0 aliphatic carbocycles. The third-order valence-electron chi connectivity index (χ3n) is 3.31. The summed E-state index contributed by atoms with van der Waals surface area (Å²) in [4.78, 5) is 12.4. The normalized spacial score (nSPS) is 12.9. The lowest BCUT2D eigenvalue weighted by molar-refractivity contribution is -0.113. The van der Waals surface area contributed by atoms with E-state index in [1.54, 1.807) is 24.3 Å². The Labute approximate surface area is 147 Å². The zero-order valence-corrected chi connectivity index (χ0v) is 14.0. The topological polar surface area (TPSA) is 64.3 Å². The Kier molecular flexibility index (Phi) is 4.39. The van der Waals surface area contributed by atoms with Gasteiger partial charge in [-0.05, 0) is 36.4 Å². The van der Waals surface area contributed by atoms with Crippen molar-refractivity contribution in [3.8, 4) is 5.75 Å². The van der Waals surface area contributed by atoms with Crippen LogP contribution in [0.2, 0.25) is 15.1 Å². The highest BCUT2D eigenvalue weighted by atomic mass is 35.5. The molecule has 3 N–H and O–H groups in total. The molecule has 0 unspecified atom stereocenters.